The van der Waals surface area contributed by atoms with E-state index in [1.54, 1.807) is 12.1 Å². The summed E-state index contributed by atoms with van der Waals surface area (Å²) in [7, 11) is 0. The van der Waals surface area contributed by atoms with Crippen LogP contribution in [0.1, 0.15) is 69.8 Å². The molecule has 1 amide bonds. The Balaban J connectivity index is 1.69. The van der Waals surface area contributed by atoms with Crippen molar-refractivity contribution in [2.75, 3.05) is 26.4 Å². The van der Waals surface area contributed by atoms with Gasteiger partial charge < -0.3 is 29.4 Å². The van der Waals surface area contributed by atoms with Gasteiger partial charge in [-0.15, -0.1) is 0 Å². The van der Waals surface area contributed by atoms with Crippen LogP contribution in [0.25, 0.3) is 0 Å². The Morgan fingerprint density at radius 3 is 2.43 bits per heavy atom. The highest BCUT2D eigenvalue weighted by atomic mass is 79.9. The van der Waals surface area contributed by atoms with Crippen LogP contribution in [0.2, 0.25) is 0 Å². The minimum Gasteiger partial charge on any atom is -0.494 e. The largest absolute Gasteiger partial charge is 0.494 e. The number of aliphatic imine (C=N–C) groups is 1. The van der Waals surface area contributed by atoms with Gasteiger partial charge in [0.1, 0.15) is 17.1 Å². The van der Waals surface area contributed by atoms with Crippen molar-refractivity contribution in [1.82, 2.24) is 5.32 Å². The van der Waals surface area contributed by atoms with Crippen molar-refractivity contribution in [1.29, 1.82) is 0 Å². The van der Waals surface area contributed by atoms with Crippen molar-refractivity contribution in [3.05, 3.63) is 94.0 Å². The fraction of sp³-hybridized carbons (Fsp3) is 0.417. The number of nitrogens with zero attached hydrogens (tertiary/aromatic N) is 1. The van der Waals surface area contributed by atoms with Gasteiger partial charge in [-0.05, 0) is 82.5 Å². The van der Waals surface area contributed by atoms with E-state index in [-0.39, 0.29) is 31.3 Å². The summed E-state index contributed by atoms with van der Waals surface area (Å²) >= 11 is 3.65. The minimum atomic E-state index is -1.48. The maximum absolute atomic E-state index is 14.4. The van der Waals surface area contributed by atoms with E-state index in [9.17, 15) is 9.59 Å². The summed E-state index contributed by atoms with van der Waals surface area (Å²) in [6.45, 7) is 8.66. The standard InChI is InChI=1S/C36H43BrN2O7/c1-5-43-30-14-9-6-11-25(30)20-22-38-34(42)36(21-19-31(41)46-35(2,3)4)32(28-12-7-8-13-29(28)37)45-33(39-36)26-15-17-27(18-16-26)44-24-10-23-40/h6-9,11-18,32,40H,5,10,19-24H2,1-4H3,(H,38,42)/t32-,36-/m1/s1. The number of carbonyl (C=O) groups is 2. The summed E-state index contributed by atoms with van der Waals surface area (Å²) in [5, 5.41) is 12.2. The molecule has 4 rings (SSSR count). The van der Waals surface area contributed by atoms with Gasteiger partial charge in [-0.1, -0.05) is 52.3 Å². The molecule has 2 atom stereocenters. The third kappa shape index (κ3) is 9.10. The van der Waals surface area contributed by atoms with Crippen molar-refractivity contribution in [3.63, 3.8) is 0 Å². The molecule has 10 heteroatoms. The van der Waals surface area contributed by atoms with E-state index in [2.05, 4.69) is 21.2 Å². The molecule has 9 nitrogen and oxygen atoms in total. The molecule has 0 saturated carbocycles. The lowest BCUT2D eigenvalue weighted by Gasteiger charge is -2.31. The van der Waals surface area contributed by atoms with Crippen molar-refractivity contribution in [3.8, 4) is 11.5 Å². The van der Waals surface area contributed by atoms with Crippen LogP contribution >= 0.6 is 15.9 Å². The van der Waals surface area contributed by atoms with Gasteiger partial charge in [-0.25, -0.2) is 4.99 Å². The highest BCUT2D eigenvalue weighted by molar-refractivity contribution is 9.10. The van der Waals surface area contributed by atoms with Crippen molar-refractivity contribution in [2.45, 2.75) is 70.6 Å². The average molecular weight is 696 g/mol. The number of carbonyl (C=O) groups excluding carboxylic acids is 2. The third-order valence-corrected chi connectivity index (χ3v) is 8.02. The lowest BCUT2D eigenvalue weighted by Crippen LogP contribution is -2.49. The van der Waals surface area contributed by atoms with Gasteiger partial charge in [0.2, 0.25) is 5.90 Å². The fourth-order valence-corrected chi connectivity index (χ4v) is 5.68. The topological polar surface area (TPSA) is 116 Å². The molecule has 1 aliphatic heterocycles. The van der Waals surface area contributed by atoms with Crippen LogP contribution in [-0.4, -0.2) is 60.4 Å². The quantitative estimate of drug-likeness (QED) is 0.141. The first-order chi connectivity index (χ1) is 22.1. The van der Waals surface area contributed by atoms with Gasteiger partial charge >= 0.3 is 5.97 Å². The predicted molar refractivity (Wildman–Crippen MR) is 180 cm³/mol. The number of aliphatic hydroxyl groups excluding tert-OH is 1. The van der Waals surface area contributed by atoms with Crippen molar-refractivity contribution < 1.29 is 33.6 Å². The number of esters is 1. The molecular formula is C36H43BrN2O7. The third-order valence-electron chi connectivity index (χ3n) is 7.30. The van der Waals surface area contributed by atoms with Gasteiger partial charge in [-0.3, -0.25) is 9.59 Å². The Morgan fingerprint density at radius 2 is 1.74 bits per heavy atom. The molecule has 0 fully saturated rings. The van der Waals surface area contributed by atoms with Gasteiger partial charge in [0, 0.05) is 41.6 Å². The van der Waals surface area contributed by atoms with E-state index in [1.807, 2.05) is 88.4 Å². The van der Waals surface area contributed by atoms with E-state index in [4.69, 9.17) is 29.0 Å². The maximum atomic E-state index is 14.4. The first kappa shape index (κ1) is 35.0. The Morgan fingerprint density at radius 1 is 1.02 bits per heavy atom. The monoisotopic (exact) mass is 694 g/mol. The van der Waals surface area contributed by atoms with Gasteiger partial charge in [0.25, 0.3) is 5.91 Å². The molecule has 0 saturated heterocycles. The average Bonchev–Trinajstić information content (AvgIpc) is 3.41. The molecule has 0 unspecified atom stereocenters. The van der Waals surface area contributed by atoms with Crippen LogP contribution in [0.15, 0.2) is 82.3 Å². The zero-order valence-corrected chi connectivity index (χ0v) is 28.5. The summed E-state index contributed by atoms with van der Waals surface area (Å²) in [5.74, 6) is 0.912. The number of nitrogens with one attached hydrogen (secondary N) is 1. The Kier molecular flexibility index (Phi) is 12.2. The summed E-state index contributed by atoms with van der Waals surface area (Å²) in [6, 6.07) is 22.5. The molecular weight excluding hydrogens is 652 g/mol. The second-order valence-corrected chi connectivity index (χ2v) is 12.8. The molecule has 0 radical (unpaired) electrons. The van der Waals surface area contributed by atoms with Gasteiger partial charge in [0.05, 0.1) is 13.2 Å². The van der Waals surface area contributed by atoms with Crippen LogP contribution in [0.3, 0.4) is 0 Å². The lowest BCUT2D eigenvalue weighted by molar-refractivity contribution is -0.155. The van der Waals surface area contributed by atoms with Crippen LogP contribution in [0, 0.1) is 0 Å². The SMILES string of the molecule is CCOc1ccccc1CCNC(=O)[C@]1(CCC(=O)OC(C)(C)C)N=C(c2ccc(OCCCO)cc2)O[C@@H]1c1ccccc1Br. The minimum absolute atomic E-state index is 0.0450. The van der Waals surface area contributed by atoms with Crippen LogP contribution in [0.5, 0.6) is 11.5 Å². The Bertz CT molecular complexity index is 1500. The molecule has 3 aromatic rings. The molecule has 3 aromatic carbocycles. The Labute approximate surface area is 279 Å². The molecule has 0 bridgehead atoms. The molecule has 0 aromatic heterocycles. The number of aliphatic hydroxyl groups is 1. The smallest absolute Gasteiger partial charge is 0.306 e. The zero-order chi connectivity index (χ0) is 33.2. The van der Waals surface area contributed by atoms with Crippen molar-refractivity contribution in [2.24, 2.45) is 4.99 Å². The zero-order valence-electron chi connectivity index (χ0n) is 26.9. The fourth-order valence-electron chi connectivity index (χ4n) is 5.19. The lowest BCUT2D eigenvalue weighted by atomic mass is 9.83. The van der Waals surface area contributed by atoms with Crippen LogP contribution in [0.4, 0.5) is 0 Å². The first-order valence-corrected chi connectivity index (χ1v) is 16.4. The summed E-state index contributed by atoms with van der Waals surface area (Å²) in [4.78, 5) is 32.4. The number of halogens is 1. The summed E-state index contributed by atoms with van der Waals surface area (Å²) in [6.07, 6.45) is 0.241. The molecule has 0 aliphatic carbocycles. The normalized spacial score (nSPS) is 17.5. The first-order valence-electron chi connectivity index (χ1n) is 15.6. The number of para-hydroxylation sites is 1. The number of hydrogen-bond donors (Lipinski definition) is 2. The number of hydrogen-bond acceptors (Lipinski definition) is 8. The second-order valence-electron chi connectivity index (χ2n) is 11.9. The Hall–Kier alpha value is -3.89. The number of amides is 1. The van der Waals surface area contributed by atoms with Gasteiger partial charge in [-0.2, -0.15) is 0 Å². The molecule has 0 spiro atoms. The second kappa shape index (κ2) is 16.1. The maximum Gasteiger partial charge on any atom is 0.306 e. The molecule has 246 valence electrons. The van der Waals surface area contributed by atoms with Crippen LogP contribution in [-0.2, 0) is 25.5 Å². The van der Waals surface area contributed by atoms with E-state index < -0.39 is 23.2 Å². The number of rotatable bonds is 15. The number of benzene rings is 3. The van der Waals surface area contributed by atoms with Gasteiger partial charge in [0.15, 0.2) is 11.6 Å². The molecule has 46 heavy (non-hydrogen) atoms. The summed E-state index contributed by atoms with van der Waals surface area (Å²) < 4.78 is 24.4. The highest BCUT2D eigenvalue weighted by Crippen LogP contribution is 2.45. The predicted octanol–water partition coefficient (Wildman–Crippen LogP) is 6.35. The van der Waals surface area contributed by atoms with Crippen molar-refractivity contribution >= 4 is 33.7 Å². The highest BCUT2D eigenvalue weighted by Gasteiger charge is 2.53. The van der Waals surface area contributed by atoms with E-state index >= 15 is 0 Å². The molecule has 2 N–H and O–H groups in total. The van der Waals surface area contributed by atoms with E-state index in [0.717, 1.165) is 21.3 Å². The summed E-state index contributed by atoms with van der Waals surface area (Å²) in [5.41, 5.74) is 0.203. The van der Waals surface area contributed by atoms with Crippen LogP contribution < -0.4 is 14.8 Å². The number of ether oxygens (including phenoxy) is 4. The molecule has 1 heterocycles. The van der Waals surface area contributed by atoms with E-state index in [1.165, 1.54) is 0 Å². The van der Waals surface area contributed by atoms with E-state index in [0.29, 0.717) is 43.9 Å². The molecule has 1 aliphatic rings.